The van der Waals surface area contributed by atoms with Gasteiger partial charge in [0.25, 0.3) is 10.0 Å². The second-order valence-corrected chi connectivity index (χ2v) is 12.6. The Kier molecular flexibility index (Phi) is 10.9. The summed E-state index contributed by atoms with van der Waals surface area (Å²) in [4.78, 5) is 29.6. The number of nitrogens with zero attached hydrogens (tertiary/aromatic N) is 2. The lowest BCUT2D eigenvalue weighted by atomic mass is 10.0. The van der Waals surface area contributed by atoms with Crippen molar-refractivity contribution in [1.29, 1.82) is 0 Å². The van der Waals surface area contributed by atoms with E-state index >= 15 is 0 Å². The van der Waals surface area contributed by atoms with Crippen molar-refractivity contribution in [3.8, 4) is 0 Å². The number of sulfonamides is 1. The molecule has 0 saturated carbocycles. The number of benzene rings is 4. The van der Waals surface area contributed by atoms with Crippen molar-refractivity contribution in [2.75, 3.05) is 17.4 Å². The fourth-order valence-corrected chi connectivity index (χ4v) is 6.42. The van der Waals surface area contributed by atoms with Crippen molar-refractivity contribution < 1.29 is 22.4 Å². The quantitative estimate of drug-likeness (QED) is 0.206. The monoisotopic (exact) mass is 615 g/mol. The van der Waals surface area contributed by atoms with E-state index in [2.05, 4.69) is 5.32 Å². The van der Waals surface area contributed by atoms with Gasteiger partial charge in [-0.1, -0.05) is 79.7 Å². The number of hydrogen-bond donors (Lipinski definition) is 1. The maximum atomic E-state index is 14.4. The average Bonchev–Trinajstić information content (AvgIpc) is 3.03. The molecule has 0 aliphatic rings. The van der Waals surface area contributed by atoms with E-state index < -0.39 is 34.3 Å². The molecule has 0 radical (unpaired) electrons. The summed E-state index contributed by atoms with van der Waals surface area (Å²) in [5.41, 5.74) is 3.32. The molecule has 0 bridgehead atoms. The number of carbonyl (C=O) groups excluding carboxylic acids is 2. The van der Waals surface area contributed by atoms with Crippen LogP contribution in [0.25, 0.3) is 0 Å². The van der Waals surface area contributed by atoms with Crippen LogP contribution in [-0.2, 0) is 32.6 Å². The van der Waals surface area contributed by atoms with E-state index in [1.165, 1.54) is 29.2 Å². The summed E-state index contributed by atoms with van der Waals surface area (Å²) in [5, 5.41) is 2.92. The Balaban J connectivity index is 1.81. The summed E-state index contributed by atoms with van der Waals surface area (Å²) in [6, 6.07) is 27.5. The van der Waals surface area contributed by atoms with Crippen LogP contribution in [0, 0.1) is 19.7 Å². The molecule has 1 atom stereocenters. The summed E-state index contributed by atoms with van der Waals surface area (Å²) in [7, 11) is -4.18. The standard InChI is InChI=1S/C35H38FN3O4S/c1-4-21-37-35(41)33(23-28-11-7-5-8-12-28)38(24-29-17-19-30(36)20-18-29)34(40)25-39(32-22-26(2)15-16-27(32)3)44(42,43)31-13-9-6-10-14-31/h5-20,22,33H,4,21,23-25H2,1-3H3,(H,37,41). The van der Waals surface area contributed by atoms with E-state index in [1.54, 1.807) is 43.3 Å². The highest BCUT2D eigenvalue weighted by molar-refractivity contribution is 7.92. The van der Waals surface area contributed by atoms with Crippen molar-refractivity contribution in [3.05, 3.63) is 131 Å². The van der Waals surface area contributed by atoms with Gasteiger partial charge in [0.05, 0.1) is 10.6 Å². The minimum Gasteiger partial charge on any atom is -0.354 e. The molecule has 230 valence electrons. The number of nitrogens with one attached hydrogen (secondary N) is 1. The normalized spacial score (nSPS) is 11.9. The van der Waals surface area contributed by atoms with Crippen LogP contribution in [0.4, 0.5) is 10.1 Å². The Morgan fingerprint density at radius 3 is 2.11 bits per heavy atom. The molecule has 0 heterocycles. The third-order valence-corrected chi connectivity index (χ3v) is 9.10. The lowest BCUT2D eigenvalue weighted by Crippen LogP contribution is -2.53. The van der Waals surface area contributed by atoms with E-state index in [0.717, 1.165) is 15.4 Å². The first kappa shape index (κ1) is 32.4. The van der Waals surface area contributed by atoms with Gasteiger partial charge in [-0.15, -0.1) is 0 Å². The highest BCUT2D eigenvalue weighted by Gasteiger charge is 2.35. The predicted molar refractivity (Wildman–Crippen MR) is 171 cm³/mol. The lowest BCUT2D eigenvalue weighted by Gasteiger charge is -2.34. The molecule has 44 heavy (non-hydrogen) atoms. The zero-order valence-electron chi connectivity index (χ0n) is 25.2. The Morgan fingerprint density at radius 1 is 0.841 bits per heavy atom. The minimum atomic E-state index is -4.18. The number of halogens is 1. The number of rotatable bonds is 13. The van der Waals surface area contributed by atoms with Gasteiger partial charge in [-0.2, -0.15) is 0 Å². The number of anilines is 1. The number of aryl methyl sites for hydroxylation is 2. The van der Waals surface area contributed by atoms with Gasteiger partial charge in [0, 0.05) is 19.5 Å². The van der Waals surface area contributed by atoms with Crippen LogP contribution in [-0.4, -0.2) is 44.3 Å². The average molecular weight is 616 g/mol. The van der Waals surface area contributed by atoms with Crippen LogP contribution in [0.15, 0.2) is 108 Å². The number of hydrogen-bond acceptors (Lipinski definition) is 4. The largest absolute Gasteiger partial charge is 0.354 e. The van der Waals surface area contributed by atoms with Gasteiger partial charge in [-0.05, 0) is 72.9 Å². The van der Waals surface area contributed by atoms with Crippen LogP contribution in [0.2, 0.25) is 0 Å². The molecule has 1 N–H and O–H groups in total. The molecule has 0 aliphatic carbocycles. The van der Waals surface area contributed by atoms with E-state index in [-0.39, 0.29) is 23.8 Å². The predicted octanol–water partition coefficient (Wildman–Crippen LogP) is 5.80. The molecule has 2 amide bonds. The molecular formula is C35H38FN3O4S. The Hall–Kier alpha value is -4.50. The van der Waals surface area contributed by atoms with Crippen molar-refractivity contribution in [3.63, 3.8) is 0 Å². The second-order valence-electron chi connectivity index (χ2n) is 10.8. The van der Waals surface area contributed by atoms with E-state index in [9.17, 15) is 22.4 Å². The van der Waals surface area contributed by atoms with E-state index in [1.807, 2.05) is 56.3 Å². The highest BCUT2D eigenvalue weighted by atomic mass is 32.2. The van der Waals surface area contributed by atoms with Crippen molar-refractivity contribution >= 4 is 27.5 Å². The third-order valence-electron chi connectivity index (χ3n) is 7.33. The topological polar surface area (TPSA) is 86.8 Å². The molecule has 1 unspecified atom stereocenters. The second kappa shape index (κ2) is 14.8. The molecule has 0 saturated heterocycles. The van der Waals surface area contributed by atoms with Gasteiger partial charge in [-0.25, -0.2) is 12.8 Å². The Morgan fingerprint density at radius 2 is 1.48 bits per heavy atom. The van der Waals surface area contributed by atoms with Gasteiger partial charge >= 0.3 is 0 Å². The molecule has 0 spiro atoms. The molecule has 4 rings (SSSR count). The minimum absolute atomic E-state index is 0.0256. The summed E-state index contributed by atoms with van der Waals surface area (Å²) < 4.78 is 43.2. The zero-order valence-corrected chi connectivity index (χ0v) is 26.1. The zero-order chi connectivity index (χ0) is 31.7. The van der Waals surface area contributed by atoms with Gasteiger partial charge < -0.3 is 10.2 Å². The molecule has 7 nitrogen and oxygen atoms in total. The summed E-state index contributed by atoms with van der Waals surface area (Å²) >= 11 is 0. The maximum absolute atomic E-state index is 14.4. The first-order chi connectivity index (χ1) is 21.1. The highest BCUT2D eigenvalue weighted by Crippen LogP contribution is 2.29. The molecular weight excluding hydrogens is 577 g/mol. The van der Waals surface area contributed by atoms with Gasteiger partial charge in [0.15, 0.2) is 0 Å². The third kappa shape index (κ3) is 8.11. The fourth-order valence-electron chi connectivity index (χ4n) is 4.93. The number of carbonyl (C=O) groups is 2. The smallest absolute Gasteiger partial charge is 0.264 e. The lowest BCUT2D eigenvalue weighted by molar-refractivity contribution is -0.140. The summed E-state index contributed by atoms with van der Waals surface area (Å²) in [6.45, 7) is 5.42. The van der Waals surface area contributed by atoms with Crippen LogP contribution >= 0.6 is 0 Å². The fraction of sp³-hybridized carbons (Fsp3) is 0.257. The van der Waals surface area contributed by atoms with Gasteiger partial charge in [0.1, 0.15) is 18.4 Å². The molecule has 0 aromatic heterocycles. The summed E-state index contributed by atoms with van der Waals surface area (Å²) in [5.74, 6) is -1.35. The van der Waals surface area contributed by atoms with Crippen LogP contribution in [0.5, 0.6) is 0 Å². The molecule has 0 aliphatic heterocycles. The van der Waals surface area contributed by atoms with Gasteiger partial charge in [0.2, 0.25) is 11.8 Å². The van der Waals surface area contributed by atoms with Crippen molar-refractivity contribution in [1.82, 2.24) is 10.2 Å². The van der Waals surface area contributed by atoms with Crippen LogP contribution < -0.4 is 9.62 Å². The van der Waals surface area contributed by atoms with Crippen molar-refractivity contribution in [2.45, 2.75) is 51.1 Å². The SMILES string of the molecule is CCCNC(=O)C(Cc1ccccc1)N(Cc1ccc(F)cc1)C(=O)CN(c1cc(C)ccc1C)S(=O)(=O)c1ccccc1. The maximum Gasteiger partial charge on any atom is 0.264 e. The van der Waals surface area contributed by atoms with E-state index in [0.29, 0.717) is 29.8 Å². The first-order valence-corrected chi connectivity index (χ1v) is 16.0. The first-order valence-electron chi connectivity index (χ1n) is 14.6. The Labute approximate surface area is 259 Å². The molecule has 0 fully saturated rings. The van der Waals surface area contributed by atoms with Crippen molar-refractivity contribution in [2.24, 2.45) is 0 Å². The van der Waals surface area contributed by atoms with Crippen LogP contribution in [0.1, 0.15) is 35.6 Å². The van der Waals surface area contributed by atoms with Crippen LogP contribution in [0.3, 0.4) is 0 Å². The Bertz CT molecular complexity index is 1660. The molecule has 4 aromatic rings. The van der Waals surface area contributed by atoms with E-state index in [4.69, 9.17) is 0 Å². The summed E-state index contributed by atoms with van der Waals surface area (Å²) in [6.07, 6.45) is 0.906. The molecule has 9 heteroatoms. The molecule has 4 aromatic carbocycles. The number of amides is 2. The van der Waals surface area contributed by atoms with Gasteiger partial charge in [-0.3, -0.25) is 13.9 Å².